The second-order valence-electron chi connectivity index (χ2n) is 3.01. The Morgan fingerprint density at radius 2 is 2.00 bits per heavy atom. The molecule has 0 aliphatic rings. The van der Waals surface area contributed by atoms with E-state index in [4.69, 9.17) is 5.73 Å². The van der Waals surface area contributed by atoms with Gasteiger partial charge in [0.2, 0.25) is 5.91 Å². The van der Waals surface area contributed by atoms with Crippen molar-refractivity contribution in [2.75, 3.05) is 11.9 Å². The Labute approximate surface area is 77.9 Å². The monoisotopic (exact) mass is 178 g/mol. The van der Waals surface area contributed by atoms with Gasteiger partial charge in [0.1, 0.15) is 0 Å². The molecule has 0 unspecified atom stereocenters. The minimum absolute atomic E-state index is 0.278. The number of aryl methyl sites for hydroxylation is 1. The molecule has 13 heavy (non-hydrogen) atoms. The van der Waals surface area contributed by atoms with Crippen LogP contribution in [-0.4, -0.2) is 12.5 Å². The van der Waals surface area contributed by atoms with Gasteiger partial charge < -0.3 is 11.1 Å². The van der Waals surface area contributed by atoms with Crippen LogP contribution in [0.3, 0.4) is 0 Å². The van der Waals surface area contributed by atoms with Crippen molar-refractivity contribution in [3.8, 4) is 0 Å². The van der Waals surface area contributed by atoms with Crippen LogP contribution in [0.25, 0.3) is 0 Å². The van der Waals surface area contributed by atoms with E-state index in [1.807, 2.05) is 31.2 Å². The molecule has 0 radical (unpaired) electrons. The number of rotatable bonds is 4. The lowest BCUT2D eigenvalue weighted by Gasteiger charge is -2.04. The summed E-state index contributed by atoms with van der Waals surface area (Å²) in [6, 6.07) is 8.01. The van der Waals surface area contributed by atoms with Gasteiger partial charge in [0, 0.05) is 18.7 Å². The Hall–Kier alpha value is -1.51. The molecule has 1 aromatic carbocycles. The normalized spacial score (nSPS) is 9.62. The molecule has 3 N–H and O–H groups in total. The number of hydrogen-bond donors (Lipinski definition) is 2. The summed E-state index contributed by atoms with van der Waals surface area (Å²) >= 11 is 0. The number of anilines is 1. The highest BCUT2D eigenvalue weighted by molar-refractivity contribution is 5.74. The summed E-state index contributed by atoms with van der Waals surface area (Å²) in [5, 5.41) is 3.10. The molecule has 0 saturated heterocycles. The van der Waals surface area contributed by atoms with E-state index >= 15 is 0 Å². The maximum Gasteiger partial charge on any atom is 0.219 e. The van der Waals surface area contributed by atoms with Crippen molar-refractivity contribution in [1.82, 2.24) is 0 Å². The third-order valence-electron chi connectivity index (χ3n) is 1.75. The standard InChI is InChI=1S/C10H14N2O/c1-8-2-4-9(5-3-8)12-7-6-10(11)13/h2-5,12H,6-7H2,1H3,(H2,11,13). The molecule has 0 heterocycles. The fraction of sp³-hybridized carbons (Fsp3) is 0.300. The number of benzene rings is 1. The molecule has 0 bridgehead atoms. The van der Waals surface area contributed by atoms with Crippen LogP contribution >= 0.6 is 0 Å². The lowest BCUT2D eigenvalue weighted by Crippen LogP contribution is -2.15. The Morgan fingerprint density at radius 1 is 1.38 bits per heavy atom. The van der Waals surface area contributed by atoms with Gasteiger partial charge in [0.25, 0.3) is 0 Å². The highest BCUT2D eigenvalue weighted by atomic mass is 16.1. The molecular weight excluding hydrogens is 164 g/mol. The van der Waals surface area contributed by atoms with Crippen molar-refractivity contribution >= 4 is 11.6 Å². The molecule has 70 valence electrons. The molecule has 0 saturated carbocycles. The topological polar surface area (TPSA) is 55.1 Å². The molecule has 0 spiro atoms. The van der Waals surface area contributed by atoms with Gasteiger partial charge >= 0.3 is 0 Å². The quantitative estimate of drug-likeness (QED) is 0.729. The summed E-state index contributed by atoms with van der Waals surface area (Å²) in [6.07, 6.45) is 0.369. The second-order valence-corrected chi connectivity index (χ2v) is 3.01. The highest BCUT2D eigenvalue weighted by Gasteiger charge is 1.94. The molecule has 1 rings (SSSR count). The van der Waals surface area contributed by atoms with E-state index in [1.165, 1.54) is 5.56 Å². The second kappa shape index (κ2) is 4.50. The minimum atomic E-state index is -0.278. The van der Waals surface area contributed by atoms with Crippen molar-refractivity contribution in [2.45, 2.75) is 13.3 Å². The van der Waals surface area contributed by atoms with Gasteiger partial charge in [-0.2, -0.15) is 0 Å². The molecule has 1 amide bonds. The Morgan fingerprint density at radius 3 is 2.54 bits per heavy atom. The lowest BCUT2D eigenvalue weighted by molar-refractivity contribution is -0.117. The molecule has 0 aliphatic carbocycles. The van der Waals surface area contributed by atoms with Gasteiger partial charge in [-0.15, -0.1) is 0 Å². The number of nitrogens with one attached hydrogen (secondary N) is 1. The first-order valence-corrected chi connectivity index (χ1v) is 4.27. The van der Waals surface area contributed by atoms with Gasteiger partial charge in [0.15, 0.2) is 0 Å². The third-order valence-corrected chi connectivity index (χ3v) is 1.75. The Kier molecular flexibility index (Phi) is 3.31. The molecule has 0 aromatic heterocycles. The fourth-order valence-electron chi connectivity index (χ4n) is 1.00. The van der Waals surface area contributed by atoms with E-state index in [-0.39, 0.29) is 5.91 Å². The summed E-state index contributed by atoms with van der Waals surface area (Å²) in [5.41, 5.74) is 7.24. The lowest BCUT2D eigenvalue weighted by atomic mass is 10.2. The number of primary amides is 1. The van der Waals surface area contributed by atoms with Gasteiger partial charge in [0.05, 0.1) is 0 Å². The SMILES string of the molecule is Cc1ccc(NCCC(N)=O)cc1. The van der Waals surface area contributed by atoms with Crippen LogP contribution in [0, 0.1) is 6.92 Å². The number of amides is 1. The first kappa shape index (κ1) is 9.58. The molecule has 1 aromatic rings. The summed E-state index contributed by atoms with van der Waals surface area (Å²) in [5.74, 6) is -0.278. The van der Waals surface area contributed by atoms with Gasteiger partial charge in [-0.25, -0.2) is 0 Å². The third kappa shape index (κ3) is 3.60. The number of hydrogen-bond acceptors (Lipinski definition) is 2. The predicted octanol–water partition coefficient (Wildman–Crippen LogP) is 1.28. The zero-order chi connectivity index (χ0) is 9.68. The average molecular weight is 178 g/mol. The highest BCUT2D eigenvalue weighted by Crippen LogP contribution is 2.07. The van der Waals surface area contributed by atoms with Gasteiger partial charge in [-0.05, 0) is 19.1 Å². The van der Waals surface area contributed by atoms with Crippen LogP contribution in [0.5, 0.6) is 0 Å². The predicted molar refractivity (Wildman–Crippen MR) is 53.5 cm³/mol. The number of nitrogens with two attached hydrogens (primary N) is 1. The van der Waals surface area contributed by atoms with Crippen LogP contribution in [0.4, 0.5) is 5.69 Å². The summed E-state index contributed by atoms with van der Waals surface area (Å²) in [6.45, 7) is 2.63. The Balaban J connectivity index is 2.37. The van der Waals surface area contributed by atoms with E-state index in [1.54, 1.807) is 0 Å². The molecule has 3 heteroatoms. The van der Waals surface area contributed by atoms with Crippen molar-refractivity contribution in [3.63, 3.8) is 0 Å². The van der Waals surface area contributed by atoms with Gasteiger partial charge in [-0.1, -0.05) is 17.7 Å². The molecular formula is C10H14N2O. The molecule has 0 fully saturated rings. The summed E-state index contributed by atoms with van der Waals surface area (Å²) in [4.78, 5) is 10.4. The number of carbonyl (C=O) groups excluding carboxylic acids is 1. The average Bonchev–Trinajstić information content (AvgIpc) is 2.08. The number of carbonyl (C=O) groups is 1. The Bertz CT molecular complexity index is 279. The van der Waals surface area contributed by atoms with Crippen molar-refractivity contribution < 1.29 is 4.79 Å². The molecule has 0 aliphatic heterocycles. The minimum Gasteiger partial charge on any atom is -0.385 e. The zero-order valence-corrected chi connectivity index (χ0v) is 7.71. The van der Waals surface area contributed by atoms with Crippen molar-refractivity contribution in [1.29, 1.82) is 0 Å². The molecule has 3 nitrogen and oxygen atoms in total. The summed E-state index contributed by atoms with van der Waals surface area (Å²) in [7, 11) is 0. The van der Waals surface area contributed by atoms with E-state index in [9.17, 15) is 4.79 Å². The largest absolute Gasteiger partial charge is 0.385 e. The fourth-order valence-corrected chi connectivity index (χ4v) is 1.00. The van der Waals surface area contributed by atoms with Crippen LogP contribution in [0.2, 0.25) is 0 Å². The zero-order valence-electron chi connectivity index (χ0n) is 7.71. The van der Waals surface area contributed by atoms with Crippen LogP contribution in [0.1, 0.15) is 12.0 Å². The van der Waals surface area contributed by atoms with E-state index in [0.29, 0.717) is 13.0 Å². The van der Waals surface area contributed by atoms with E-state index in [0.717, 1.165) is 5.69 Å². The maximum absolute atomic E-state index is 10.4. The summed E-state index contributed by atoms with van der Waals surface area (Å²) < 4.78 is 0. The van der Waals surface area contributed by atoms with E-state index in [2.05, 4.69) is 5.32 Å². The molecule has 0 atom stereocenters. The van der Waals surface area contributed by atoms with E-state index < -0.39 is 0 Å². The van der Waals surface area contributed by atoms with Gasteiger partial charge in [-0.3, -0.25) is 4.79 Å². The van der Waals surface area contributed by atoms with Crippen molar-refractivity contribution in [2.24, 2.45) is 5.73 Å². The smallest absolute Gasteiger partial charge is 0.219 e. The van der Waals surface area contributed by atoms with Crippen LogP contribution in [-0.2, 0) is 4.79 Å². The van der Waals surface area contributed by atoms with Crippen molar-refractivity contribution in [3.05, 3.63) is 29.8 Å². The first-order chi connectivity index (χ1) is 6.18. The first-order valence-electron chi connectivity index (χ1n) is 4.27. The van der Waals surface area contributed by atoms with Crippen LogP contribution in [0.15, 0.2) is 24.3 Å². The van der Waals surface area contributed by atoms with Crippen LogP contribution < -0.4 is 11.1 Å². The maximum atomic E-state index is 10.4.